The number of nitrogens with one attached hydrogen (secondary N) is 2. The summed E-state index contributed by atoms with van der Waals surface area (Å²) in [5.74, 6) is 0.780. The summed E-state index contributed by atoms with van der Waals surface area (Å²) in [7, 11) is 3.98. The van der Waals surface area contributed by atoms with Gasteiger partial charge in [-0.1, -0.05) is 30.3 Å². The number of rotatable bonds is 6. The topological polar surface area (TPSA) is 55.8 Å². The first kappa shape index (κ1) is 19.3. The Balaban J connectivity index is 1.43. The maximum atomic E-state index is 4.31. The fraction of sp³-hybridized carbons (Fsp3) is 0.429. The van der Waals surface area contributed by atoms with E-state index in [-0.39, 0.29) is 0 Å². The van der Waals surface area contributed by atoms with E-state index in [0.29, 0.717) is 6.54 Å². The molecule has 6 nitrogen and oxygen atoms in total. The van der Waals surface area contributed by atoms with Gasteiger partial charge in [-0.3, -0.25) is 14.9 Å². The van der Waals surface area contributed by atoms with Gasteiger partial charge >= 0.3 is 0 Å². The van der Waals surface area contributed by atoms with Gasteiger partial charge in [0.2, 0.25) is 0 Å². The minimum absolute atomic E-state index is 0.657. The Kier molecular flexibility index (Phi) is 7.19. The number of aliphatic imine (C=N–C) groups is 1. The van der Waals surface area contributed by atoms with E-state index >= 15 is 0 Å². The van der Waals surface area contributed by atoms with E-state index in [1.165, 1.54) is 11.1 Å². The number of aromatic nitrogens is 1. The van der Waals surface area contributed by atoms with Crippen LogP contribution in [-0.4, -0.2) is 61.0 Å². The second-order valence-corrected chi connectivity index (χ2v) is 7.00. The molecule has 0 atom stereocenters. The summed E-state index contributed by atoms with van der Waals surface area (Å²) in [5, 5.41) is 6.65. The van der Waals surface area contributed by atoms with Gasteiger partial charge in [-0.15, -0.1) is 0 Å². The molecular formula is C21H30N6. The van der Waals surface area contributed by atoms with Crippen molar-refractivity contribution in [2.75, 3.05) is 40.3 Å². The van der Waals surface area contributed by atoms with E-state index in [1.54, 1.807) is 13.2 Å². The standard InChI is InChI=1S/C21H30N6/c1-22-21(25-16-20-5-3-4-10-23-20)24-15-18-6-8-19(9-7-18)17-27-13-11-26(2)12-14-27/h3-10H,11-17H2,1-2H3,(H2,22,24,25). The van der Waals surface area contributed by atoms with Gasteiger partial charge < -0.3 is 15.5 Å². The zero-order chi connectivity index (χ0) is 18.9. The molecule has 27 heavy (non-hydrogen) atoms. The lowest BCUT2D eigenvalue weighted by molar-refractivity contribution is 0.148. The van der Waals surface area contributed by atoms with Crippen molar-refractivity contribution < 1.29 is 0 Å². The minimum Gasteiger partial charge on any atom is -0.352 e. The second kappa shape index (κ2) is 10.0. The molecule has 1 aliphatic rings. The summed E-state index contributed by atoms with van der Waals surface area (Å²) in [5.41, 5.74) is 3.62. The van der Waals surface area contributed by atoms with Crippen molar-refractivity contribution in [2.24, 2.45) is 4.99 Å². The first-order valence-corrected chi connectivity index (χ1v) is 9.56. The lowest BCUT2D eigenvalue weighted by atomic mass is 10.1. The summed E-state index contributed by atoms with van der Waals surface area (Å²) in [4.78, 5) is 13.5. The molecule has 0 bridgehead atoms. The molecule has 0 amide bonds. The molecule has 0 saturated carbocycles. The zero-order valence-corrected chi connectivity index (χ0v) is 16.4. The highest BCUT2D eigenvalue weighted by Crippen LogP contribution is 2.09. The number of likely N-dealkylation sites (N-methyl/N-ethyl adjacent to an activating group) is 1. The Hall–Kier alpha value is -2.44. The average Bonchev–Trinajstić information content (AvgIpc) is 2.72. The SMILES string of the molecule is CN=C(NCc1ccc(CN2CCN(C)CC2)cc1)NCc1ccccn1. The quantitative estimate of drug-likeness (QED) is 0.602. The third kappa shape index (κ3) is 6.34. The second-order valence-electron chi connectivity index (χ2n) is 7.00. The van der Waals surface area contributed by atoms with Crippen molar-refractivity contribution in [1.29, 1.82) is 0 Å². The van der Waals surface area contributed by atoms with Crippen LogP contribution < -0.4 is 10.6 Å². The minimum atomic E-state index is 0.657. The molecule has 0 radical (unpaired) electrons. The predicted molar refractivity (Wildman–Crippen MR) is 110 cm³/mol. The Morgan fingerprint density at radius 2 is 1.67 bits per heavy atom. The van der Waals surface area contributed by atoms with Crippen molar-refractivity contribution in [3.63, 3.8) is 0 Å². The Morgan fingerprint density at radius 3 is 2.33 bits per heavy atom. The molecule has 6 heteroatoms. The monoisotopic (exact) mass is 366 g/mol. The van der Waals surface area contributed by atoms with Gasteiger partial charge in [0.05, 0.1) is 12.2 Å². The van der Waals surface area contributed by atoms with Crippen LogP contribution >= 0.6 is 0 Å². The highest BCUT2D eigenvalue weighted by molar-refractivity contribution is 5.79. The maximum Gasteiger partial charge on any atom is 0.191 e. The smallest absolute Gasteiger partial charge is 0.191 e. The molecule has 2 N–H and O–H groups in total. The van der Waals surface area contributed by atoms with Crippen LogP contribution in [0.25, 0.3) is 0 Å². The first-order valence-electron chi connectivity index (χ1n) is 9.56. The van der Waals surface area contributed by atoms with Crippen molar-refractivity contribution in [2.45, 2.75) is 19.6 Å². The van der Waals surface area contributed by atoms with Gasteiger partial charge in [0.25, 0.3) is 0 Å². The highest BCUT2D eigenvalue weighted by Gasteiger charge is 2.13. The molecular weight excluding hydrogens is 336 g/mol. The van der Waals surface area contributed by atoms with Gasteiger partial charge in [0, 0.05) is 52.5 Å². The van der Waals surface area contributed by atoms with Crippen LogP contribution in [0.5, 0.6) is 0 Å². The number of pyridine rings is 1. The first-order chi connectivity index (χ1) is 13.2. The lowest BCUT2D eigenvalue weighted by Gasteiger charge is -2.32. The van der Waals surface area contributed by atoms with Gasteiger partial charge in [-0.25, -0.2) is 0 Å². The number of nitrogens with zero attached hydrogens (tertiary/aromatic N) is 4. The van der Waals surface area contributed by atoms with E-state index in [1.807, 2.05) is 18.2 Å². The number of guanidine groups is 1. The molecule has 144 valence electrons. The highest BCUT2D eigenvalue weighted by atomic mass is 15.2. The molecule has 1 aromatic carbocycles. The average molecular weight is 367 g/mol. The van der Waals surface area contributed by atoms with E-state index in [0.717, 1.165) is 50.9 Å². The van der Waals surface area contributed by atoms with Crippen LogP contribution in [0.4, 0.5) is 0 Å². The maximum absolute atomic E-state index is 4.31. The van der Waals surface area contributed by atoms with Crippen LogP contribution in [-0.2, 0) is 19.6 Å². The van der Waals surface area contributed by atoms with E-state index < -0.39 is 0 Å². The van der Waals surface area contributed by atoms with Crippen LogP contribution in [0, 0.1) is 0 Å². The van der Waals surface area contributed by atoms with Gasteiger partial charge in [-0.05, 0) is 30.3 Å². The molecule has 1 aliphatic heterocycles. The molecule has 2 heterocycles. The number of benzene rings is 1. The van der Waals surface area contributed by atoms with Crippen molar-refractivity contribution >= 4 is 5.96 Å². The van der Waals surface area contributed by atoms with Crippen molar-refractivity contribution in [1.82, 2.24) is 25.4 Å². The molecule has 1 fully saturated rings. The number of hydrogen-bond donors (Lipinski definition) is 2. The van der Waals surface area contributed by atoms with Crippen molar-refractivity contribution in [3.05, 3.63) is 65.5 Å². The number of hydrogen-bond acceptors (Lipinski definition) is 4. The van der Waals surface area contributed by atoms with E-state index in [4.69, 9.17) is 0 Å². The lowest BCUT2D eigenvalue weighted by Crippen LogP contribution is -2.43. The van der Waals surface area contributed by atoms with Crippen LogP contribution in [0.15, 0.2) is 53.7 Å². The third-order valence-corrected chi connectivity index (χ3v) is 4.87. The van der Waals surface area contributed by atoms with Gasteiger partial charge in [0.1, 0.15) is 0 Å². The molecule has 1 aromatic heterocycles. The van der Waals surface area contributed by atoms with Gasteiger partial charge in [0.15, 0.2) is 5.96 Å². The molecule has 1 saturated heterocycles. The normalized spacial score (nSPS) is 16.3. The molecule has 0 aliphatic carbocycles. The van der Waals surface area contributed by atoms with E-state index in [2.05, 4.69) is 61.7 Å². The zero-order valence-electron chi connectivity index (χ0n) is 16.4. The molecule has 0 unspecified atom stereocenters. The summed E-state index contributed by atoms with van der Waals surface area (Å²) in [6.45, 7) is 7.06. The fourth-order valence-electron chi connectivity index (χ4n) is 3.11. The summed E-state index contributed by atoms with van der Waals surface area (Å²) in [6, 6.07) is 14.8. The molecule has 0 spiro atoms. The number of piperazine rings is 1. The Bertz CT molecular complexity index is 705. The fourth-order valence-corrected chi connectivity index (χ4v) is 3.11. The summed E-state index contributed by atoms with van der Waals surface area (Å²) in [6.07, 6.45) is 1.80. The van der Waals surface area contributed by atoms with E-state index in [9.17, 15) is 0 Å². The predicted octanol–water partition coefficient (Wildman–Crippen LogP) is 1.69. The Labute approximate surface area is 162 Å². The van der Waals surface area contributed by atoms with Gasteiger partial charge in [-0.2, -0.15) is 0 Å². The van der Waals surface area contributed by atoms with Crippen LogP contribution in [0.2, 0.25) is 0 Å². The largest absolute Gasteiger partial charge is 0.352 e. The van der Waals surface area contributed by atoms with Crippen LogP contribution in [0.3, 0.4) is 0 Å². The van der Waals surface area contributed by atoms with Crippen LogP contribution in [0.1, 0.15) is 16.8 Å². The van der Waals surface area contributed by atoms with Crippen molar-refractivity contribution in [3.8, 4) is 0 Å². The summed E-state index contributed by atoms with van der Waals surface area (Å²) >= 11 is 0. The molecule has 3 rings (SSSR count). The molecule has 2 aromatic rings. The summed E-state index contributed by atoms with van der Waals surface area (Å²) < 4.78 is 0. The third-order valence-electron chi connectivity index (χ3n) is 4.87. The Morgan fingerprint density at radius 1 is 0.963 bits per heavy atom.